The lowest BCUT2D eigenvalue weighted by molar-refractivity contribution is -0.119. The van der Waals surface area contributed by atoms with E-state index >= 15 is 4.79 Å². The van der Waals surface area contributed by atoms with E-state index in [4.69, 9.17) is 10.5 Å². The fraction of sp³-hybridized carbons (Fsp3) is 0.220. The maximum absolute atomic E-state index is 15.3. The number of rotatable bonds is 8. The number of amides is 1. The van der Waals surface area contributed by atoms with Crippen molar-refractivity contribution >= 4 is 44.7 Å². The number of nitrogens with two attached hydrogens (primary N) is 1. The van der Waals surface area contributed by atoms with Crippen LogP contribution in [0.15, 0.2) is 127 Å². The first-order valence-electron chi connectivity index (χ1n) is 16.8. The highest BCUT2D eigenvalue weighted by molar-refractivity contribution is 7.13. The van der Waals surface area contributed by atoms with Crippen molar-refractivity contribution in [3.05, 3.63) is 138 Å². The largest absolute Gasteiger partial charge is 0.490 e. The minimum absolute atomic E-state index is 0.00255. The molecule has 0 saturated heterocycles. The average Bonchev–Trinajstić information content (AvgIpc) is 3.57. The minimum Gasteiger partial charge on any atom is -0.490 e. The predicted octanol–water partition coefficient (Wildman–Crippen LogP) is 9.13. The zero-order chi connectivity index (χ0) is 32.9. The van der Waals surface area contributed by atoms with Gasteiger partial charge in [0.25, 0.3) is 5.91 Å². The van der Waals surface area contributed by atoms with E-state index in [1.807, 2.05) is 29.2 Å². The number of hydrogen-bond donors (Lipinski definition) is 1. The first-order valence-corrected chi connectivity index (χ1v) is 17.5. The predicted molar refractivity (Wildman–Crippen MR) is 200 cm³/mol. The van der Waals surface area contributed by atoms with Crippen molar-refractivity contribution in [3.63, 3.8) is 0 Å². The molecule has 2 heterocycles. The van der Waals surface area contributed by atoms with E-state index in [1.54, 1.807) is 0 Å². The molecule has 1 atom stereocenters. The van der Waals surface area contributed by atoms with Crippen LogP contribution in [0.1, 0.15) is 37.3 Å². The second kappa shape index (κ2) is 14.3. The number of aryl methyl sites for hydroxylation is 1. The van der Waals surface area contributed by atoms with Gasteiger partial charge in [0.1, 0.15) is 24.2 Å². The monoisotopic (exact) mass is 652 g/mol. The number of aromatic nitrogens is 1. The molecule has 48 heavy (non-hydrogen) atoms. The third-order valence-electron chi connectivity index (χ3n) is 9.15. The Morgan fingerprint density at radius 3 is 2.71 bits per heavy atom. The van der Waals surface area contributed by atoms with Gasteiger partial charge in [0.2, 0.25) is 0 Å². The van der Waals surface area contributed by atoms with Crippen LogP contribution in [0.3, 0.4) is 0 Å². The summed E-state index contributed by atoms with van der Waals surface area (Å²) >= 11 is 1.39. The normalized spacial score (nSPS) is 17.5. The molecule has 6 nitrogen and oxygen atoms in total. The lowest BCUT2D eigenvalue weighted by Gasteiger charge is -2.39. The Labute approximate surface area is 286 Å². The number of anilines is 3. The molecule has 1 aliphatic carbocycles. The summed E-state index contributed by atoms with van der Waals surface area (Å²) in [6.45, 7) is 3.58. The molecule has 1 aliphatic heterocycles. The van der Waals surface area contributed by atoms with Gasteiger partial charge in [-0.25, -0.2) is 0 Å². The molecule has 1 unspecified atom stereocenters. The van der Waals surface area contributed by atoms with E-state index in [1.165, 1.54) is 22.7 Å². The number of hydrogen-bond acceptors (Lipinski definition) is 6. The molecule has 0 fully saturated rings. The zero-order valence-corrected chi connectivity index (χ0v) is 28.0. The Morgan fingerprint density at radius 2 is 1.83 bits per heavy atom. The van der Waals surface area contributed by atoms with Crippen molar-refractivity contribution < 1.29 is 9.53 Å². The summed E-state index contributed by atoms with van der Waals surface area (Å²) in [5.74, 6) is 1.23. The Morgan fingerprint density at radius 1 is 1.00 bits per heavy atom. The first-order chi connectivity index (χ1) is 23.6. The molecule has 1 amide bonds. The fourth-order valence-electron chi connectivity index (χ4n) is 6.65. The van der Waals surface area contributed by atoms with Crippen LogP contribution >= 0.6 is 11.5 Å². The van der Waals surface area contributed by atoms with Crippen LogP contribution in [0.2, 0.25) is 0 Å². The van der Waals surface area contributed by atoms with Crippen molar-refractivity contribution in [2.24, 2.45) is 0 Å². The number of nitrogens with zero attached hydrogens (tertiary/aromatic N) is 3. The van der Waals surface area contributed by atoms with Gasteiger partial charge in [0.05, 0.1) is 16.9 Å². The van der Waals surface area contributed by atoms with Gasteiger partial charge in [0.15, 0.2) is 0 Å². The van der Waals surface area contributed by atoms with E-state index in [0.717, 1.165) is 69.6 Å². The van der Waals surface area contributed by atoms with Crippen LogP contribution in [0, 0.1) is 0 Å². The van der Waals surface area contributed by atoms with E-state index < -0.39 is 6.04 Å². The van der Waals surface area contributed by atoms with E-state index in [9.17, 15) is 0 Å². The molecule has 0 radical (unpaired) electrons. The summed E-state index contributed by atoms with van der Waals surface area (Å²) in [5, 5.41) is 0.900. The van der Waals surface area contributed by atoms with Crippen LogP contribution in [0.5, 0.6) is 5.75 Å². The Hall–Kier alpha value is -5.14. The molecule has 7 rings (SSSR count). The minimum atomic E-state index is -0.624. The molecule has 242 valence electrons. The number of fused-ring (bicyclic) bond motifs is 2. The standard InChI is InChI=1S/C41H40N4O2S/c1-2-30-16-12-13-19-34(30)32-20-22-36-37(26-32)47-25-24-44(36)41(46)39(31-17-10-5-3-4-6-11-18-31)45(28-29-14-8-7-9-15-29)33-21-23-38-35(27-33)40(42)43-48-38/h5,7-23,26-27,39H,2-4,6,24-25,28H2,1H3,(H2,42,43)/b10-5+,18-11-,31-17+. The van der Waals surface area contributed by atoms with Gasteiger partial charge in [-0.15, -0.1) is 0 Å². The summed E-state index contributed by atoms with van der Waals surface area (Å²) in [4.78, 5) is 19.4. The topological polar surface area (TPSA) is 71.7 Å². The molecule has 5 aromatic rings. The summed E-state index contributed by atoms with van der Waals surface area (Å²) in [5.41, 5.74) is 13.6. The molecule has 4 aromatic carbocycles. The smallest absolute Gasteiger partial charge is 0.254 e. The van der Waals surface area contributed by atoms with Crippen molar-refractivity contribution in [3.8, 4) is 16.9 Å². The van der Waals surface area contributed by atoms with Crippen molar-refractivity contribution in [1.29, 1.82) is 0 Å². The molecule has 0 bridgehead atoms. The second-order valence-corrected chi connectivity index (χ2v) is 13.0. The highest BCUT2D eigenvalue weighted by Crippen LogP contribution is 2.39. The van der Waals surface area contributed by atoms with E-state index in [-0.39, 0.29) is 5.91 Å². The number of carbonyl (C=O) groups excluding carboxylic acids is 1. The van der Waals surface area contributed by atoms with E-state index in [2.05, 4.69) is 113 Å². The SMILES string of the molecule is CCc1ccccc1-c1ccc2c(c1)OCCN2C(=O)C(C1=C/C=C/CCC/C=C\1)N(Cc1ccccc1)c1ccc2snc(N)c2c1. The second-order valence-electron chi connectivity index (χ2n) is 12.2. The number of allylic oxidation sites excluding steroid dienone is 4. The number of carbonyl (C=O) groups is 1. The van der Waals surface area contributed by atoms with Crippen LogP contribution in [-0.2, 0) is 17.8 Å². The van der Waals surface area contributed by atoms with Gasteiger partial charge in [-0.05, 0) is 95.4 Å². The average molecular weight is 653 g/mol. The molecular weight excluding hydrogens is 613 g/mol. The number of benzene rings is 4. The maximum Gasteiger partial charge on any atom is 0.254 e. The van der Waals surface area contributed by atoms with Crippen LogP contribution in [-0.4, -0.2) is 29.5 Å². The Balaban J connectivity index is 1.35. The highest BCUT2D eigenvalue weighted by Gasteiger charge is 2.36. The van der Waals surface area contributed by atoms with Gasteiger partial charge in [-0.2, -0.15) is 4.37 Å². The molecule has 1 aromatic heterocycles. The molecule has 0 saturated carbocycles. The summed E-state index contributed by atoms with van der Waals surface area (Å²) < 4.78 is 11.7. The van der Waals surface area contributed by atoms with Gasteiger partial charge >= 0.3 is 0 Å². The first kappa shape index (κ1) is 31.5. The van der Waals surface area contributed by atoms with Crippen LogP contribution < -0.4 is 20.3 Å². The van der Waals surface area contributed by atoms with Gasteiger partial charge in [-0.3, -0.25) is 4.79 Å². The number of ether oxygens (including phenoxy) is 1. The molecule has 0 spiro atoms. The zero-order valence-electron chi connectivity index (χ0n) is 27.2. The molecule has 2 aliphatic rings. The summed E-state index contributed by atoms with van der Waals surface area (Å²) in [7, 11) is 0. The van der Waals surface area contributed by atoms with Crippen molar-refractivity contribution in [1.82, 2.24) is 4.37 Å². The van der Waals surface area contributed by atoms with Gasteiger partial charge < -0.3 is 20.3 Å². The van der Waals surface area contributed by atoms with Gasteiger partial charge in [0, 0.05) is 17.6 Å². The van der Waals surface area contributed by atoms with Crippen LogP contribution in [0.4, 0.5) is 17.2 Å². The lowest BCUT2D eigenvalue weighted by atomic mass is 9.96. The van der Waals surface area contributed by atoms with Crippen molar-refractivity contribution in [2.75, 3.05) is 28.7 Å². The Bertz CT molecular complexity index is 2010. The fourth-order valence-corrected chi connectivity index (χ4v) is 7.34. The molecule has 7 heteroatoms. The maximum atomic E-state index is 15.3. The summed E-state index contributed by atoms with van der Waals surface area (Å²) in [6.07, 6.45) is 14.7. The highest BCUT2D eigenvalue weighted by atomic mass is 32.1. The quantitative estimate of drug-likeness (QED) is 0.181. The molecule has 2 N–H and O–H groups in total. The number of nitrogen functional groups attached to an aromatic ring is 1. The molecular formula is C41H40N4O2S. The third kappa shape index (κ3) is 6.51. The van der Waals surface area contributed by atoms with Gasteiger partial charge in [-0.1, -0.05) is 98.0 Å². The van der Waals surface area contributed by atoms with Crippen molar-refractivity contribution in [2.45, 2.75) is 45.2 Å². The van der Waals surface area contributed by atoms with E-state index in [0.29, 0.717) is 25.5 Å². The lowest BCUT2D eigenvalue weighted by Crippen LogP contribution is -2.51. The van der Waals surface area contributed by atoms with Crippen LogP contribution in [0.25, 0.3) is 21.2 Å². The third-order valence-corrected chi connectivity index (χ3v) is 9.99. The summed E-state index contributed by atoms with van der Waals surface area (Å²) in [6, 6.07) is 30.6. The Kier molecular flexibility index (Phi) is 9.39.